The molecule has 1 saturated heterocycles. The molecule has 0 saturated carbocycles. The molecule has 2 unspecified atom stereocenters. The SMILES string of the molecule is CCCNC(C)CCCN1CCC(C)CCC1=O. The van der Waals surface area contributed by atoms with Crippen LogP contribution >= 0.6 is 0 Å². The third kappa shape index (κ3) is 5.85. The highest BCUT2D eigenvalue weighted by Gasteiger charge is 2.19. The molecule has 2 atom stereocenters. The van der Waals surface area contributed by atoms with Gasteiger partial charge in [0.1, 0.15) is 0 Å². The summed E-state index contributed by atoms with van der Waals surface area (Å²) in [5.41, 5.74) is 0. The molecular weight excluding hydrogens is 224 g/mol. The van der Waals surface area contributed by atoms with E-state index in [1.54, 1.807) is 0 Å². The van der Waals surface area contributed by atoms with Crippen LogP contribution in [0, 0.1) is 5.92 Å². The minimum absolute atomic E-state index is 0.369. The molecule has 0 aromatic rings. The van der Waals surface area contributed by atoms with E-state index in [0.29, 0.717) is 17.9 Å². The summed E-state index contributed by atoms with van der Waals surface area (Å²) in [7, 11) is 0. The Morgan fingerprint density at radius 1 is 1.44 bits per heavy atom. The summed E-state index contributed by atoms with van der Waals surface area (Å²) in [5, 5.41) is 3.50. The fourth-order valence-electron chi connectivity index (χ4n) is 2.49. The van der Waals surface area contributed by atoms with Gasteiger partial charge in [-0.25, -0.2) is 0 Å². The molecule has 1 fully saturated rings. The van der Waals surface area contributed by atoms with Crippen molar-refractivity contribution in [3.8, 4) is 0 Å². The van der Waals surface area contributed by atoms with Crippen molar-refractivity contribution in [1.82, 2.24) is 10.2 Å². The molecule has 3 heteroatoms. The average molecular weight is 254 g/mol. The average Bonchev–Trinajstić information content (AvgIpc) is 2.51. The Morgan fingerprint density at radius 2 is 2.22 bits per heavy atom. The van der Waals surface area contributed by atoms with Crippen LogP contribution in [0.3, 0.4) is 0 Å². The third-order valence-electron chi connectivity index (χ3n) is 3.90. The molecule has 106 valence electrons. The molecule has 1 rings (SSSR count). The smallest absolute Gasteiger partial charge is 0.222 e. The molecule has 3 nitrogen and oxygen atoms in total. The highest BCUT2D eigenvalue weighted by molar-refractivity contribution is 5.76. The van der Waals surface area contributed by atoms with Gasteiger partial charge in [-0.2, -0.15) is 0 Å². The number of hydrogen-bond acceptors (Lipinski definition) is 2. The normalized spacial score (nSPS) is 22.9. The maximum atomic E-state index is 11.9. The molecule has 1 amide bonds. The molecule has 0 radical (unpaired) electrons. The Kier molecular flexibility index (Phi) is 7.33. The van der Waals surface area contributed by atoms with E-state index >= 15 is 0 Å². The summed E-state index contributed by atoms with van der Waals surface area (Å²) < 4.78 is 0. The fourth-order valence-corrected chi connectivity index (χ4v) is 2.49. The van der Waals surface area contributed by atoms with E-state index in [1.807, 2.05) is 0 Å². The maximum absolute atomic E-state index is 11.9. The Bertz CT molecular complexity index is 243. The van der Waals surface area contributed by atoms with Crippen LogP contribution < -0.4 is 5.32 Å². The van der Waals surface area contributed by atoms with Crippen LogP contribution in [0.1, 0.15) is 59.3 Å². The standard InChI is InChI=1S/C15H30N2O/c1-4-10-16-14(3)6-5-11-17-12-9-13(2)7-8-15(17)18/h13-14,16H,4-12H2,1-3H3. The maximum Gasteiger partial charge on any atom is 0.222 e. The number of likely N-dealkylation sites (tertiary alicyclic amines) is 1. The van der Waals surface area contributed by atoms with Crippen LogP contribution in [0.15, 0.2) is 0 Å². The summed E-state index contributed by atoms with van der Waals surface area (Å²) in [4.78, 5) is 14.0. The van der Waals surface area contributed by atoms with Crippen molar-refractivity contribution in [3.05, 3.63) is 0 Å². The molecule has 0 aromatic heterocycles. The number of hydrogen-bond donors (Lipinski definition) is 1. The molecule has 0 bridgehead atoms. The van der Waals surface area contributed by atoms with E-state index in [4.69, 9.17) is 0 Å². The molecular formula is C15H30N2O. The van der Waals surface area contributed by atoms with Crippen LogP contribution in [-0.2, 0) is 4.79 Å². The minimum Gasteiger partial charge on any atom is -0.343 e. The number of rotatable bonds is 7. The van der Waals surface area contributed by atoms with Crippen molar-refractivity contribution in [2.75, 3.05) is 19.6 Å². The van der Waals surface area contributed by atoms with Crippen molar-refractivity contribution in [2.45, 2.75) is 65.3 Å². The molecule has 0 aliphatic carbocycles. The Morgan fingerprint density at radius 3 is 2.94 bits per heavy atom. The summed E-state index contributed by atoms with van der Waals surface area (Å²) in [6.45, 7) is 9.70. The van der Waals surface area contributed by atoms with Gasteiger partial charge in [-0.3, -0.25) is 4.79 Å². The summed E-state index contributed by atoms with van der Waals surface area (Å²) in [6.07, 6.45) is 6.48. The lowest BCUT2D eigenvalue weighted by Gasteiger charge is -2.22. The molecule has 0 spiro atoms. The fraction of sp³-hybridized carbons (Fsp3) is 0.933. The first-order valence-corrected chi connectivity index (χ1v) is 7.64. The van der Waals surface area contributed by atoms with Crippen molar-refractivity contribution >= 4 is 5.91 Å². The van der Waals surface area contributed by atoms with Crippen LogP contribution in [-0.4, -0.2) is 36.5 Å². The van der Waals surface area contributed by atoms with E-state index in [1.165, 1.54) is 19.3 Å². The third-order valence-corrected chi connectivity index (χ3v) is 3.90. The first kappa shape index (κ1) is 15.5. The van der Waals surface area contributed by atoms with Crippen molar-refractivity contribution < 1.29 is 4.79 Å². The summed E-state index contributed by atoms with van der Waals surface area (Å²) in [6, 6.07) is 0.575. The summed E-state index contributed by atoms with van der Waals surface area (Å²) in [5.74, 6) is 1.08. The number of carbonyl (C=O) groups excluding carboxylic acids is 1. The molecule has 1 N–H and O–H groups in total. The second-order valence-electron chi connectivity index (χ2n) is 5.81. The highest BCUT2D eigenvalue weighted by atomic mass is 16.2. The van der Waals surface area contributed by atoms with Crippen LogP contribution in [0.25, 0.3) is 0 Å². The van der Waals surface area contributed by atoms with Crippen LogP contribution in [0.2, 0.25) is 0 Å². The van der Waals surface area contributed by atoms with E-state index in [-0.39, 0.29) is 0 Å². The van der Waals surface area contributed by atoms with Crippen molar-refractivity contribution in [2.24, 2.45) is 5.92 Å². The van der Waals surface area contributed by atoms with Gasteiger partial charge in [0.15, 0.2) is 0 Å². The van der Waals surface area contributed by atoms with Gasteiger partial charge < -0.3 is 10.2 Å². The predicted octanol–water partition coefficient (Wildman–Crippen LogP) is 2.80. The van der Waals surface area contributed by atoms with Gasteiger partial charge in [-0.1, -0.05) is 13.8 Å². The molecule has 0 aromatic carbocycles. The van der Waals surface area contributed by atoms with Crippen LogP contribution in [0.4, 0.5) is 0 Å². The van der Waals surface area contributed by atoms with Gasteiger partial charge in [0.05, 0.1) is 0 Å². The number of nitrogens with zero attached hydrogens (tertiary/aromatic N) is 1. The van der Waals surface area contributed by atoms with E-state index in [0.717, 1.165) is 38.9 Å². The first-order chi connectivity index (χ1) is 8.63. The first-order valence-electron chi connectivity index (χ1n) is 7.64. The van der Waals surface area contributed by atoms with E-state index in [9.17, 15) is 4.79 Å². The Labute approximate surface area is 112 Å². The second-order valence-corrected chi connectivity index (χ2v) is 5.81. The monoisotopic (exact) mass is 254 g/mol. The lowest BCUT2D eigenvalue weighted by atomic mass is 10.0. The predicted molar refractivity (Wildman–Crippen MR) is 76.6 cm³/mol. The van der Waals surface area contributed by atoms with Gasteiger partial charge in [0, 0.05) is 25.6 Å². The zero-order valence-electron chi connectivity index (χ0n) is 12.4. The lowest BCUT2D eigenvalue weighted by molar-refractivity contribution is -0.130. The molecule has 1 aliphatic rings. The van der Waals surface area contributed by atoms with Crippen LogP contribution in [0.5, 0.6) is 0 Å². The Hall–Kier alpha value is -0.570. The topological polar surface area (TPSA) is 32.3 Å². The van der Waals surface area contributed by atoms with Crippen molar-refractivity contribution in [3.63, 3.8) is 0 Å². The molecule has 18 heavy (non-hydrogen) atoms. The number of nitrogens with one attached hydrogen (secondary N) is 1. The lowest BCUT2D eigenvalue weighted by Crippen LogP contribution is -2.33. The number of amides is 1. The van der Waals surface area contributed by atoms with Crippen molar-refractivity contribution in [1.29, 1.82) is 0 Å². The summed E-state index contributed by atoms with van der Waals surface area (Å²) >= 11 is 0. The van der Waals surface area contributed by atoms with Gasteiger partial charge >= 0.3 is 0 Å². The zero-order chi connectivity index (χ0) is 13.4. The highest BCUT2D eigenvalue weighted by Crippen LogP contribution is 2.17. The van der Waals surface area contributed by atoms with Gasteiger partial charge in [0.25, 0.3) is 0 Å². The minimum atomic E-state index is 0.369. The Balaban J connectivity index is 2.19. The quantitative estimate of drug-likeness (QED) is 0.757. The molecule has 1 aliphatic heterocycles. The van der Waals surface area contributed by atoms with E-state index in [2.05, 4.69) is 31.0 Å². The van der Waals surface area contributed by atoms with E-state index < -0.39 is 0 Å². The van der Waals surface area contributed by atoms with Gasteiger partial charge in [0.2, 0.25) is 5.91 Å². The molecule has 1 heterocycles. The second kappa shape index (κ2) is 8.52. The zero-order valence-corrected chi connectivity index (χ0v) is 12.4. The van der Waals surface area contributed by atoms with Gasteiger partial charge in [-0.05, 0) is 51.5 Å². The van der Waals surface area contributed by atoms with Gasteiger partial charge in [-0.15, -0.1) is 0 Å². The largest absolute Gasteiger partial charge is 0.343 e. The number of carbonyl (C=O) groups is 1.